The topological polar surface area (TPSA) is 71.3 Å². The number of nitrogens with zero attached hydrogens (tertiary/aromatic N) is 3. The molecule has 4 rings (SSSR count). The Balaban J connectivity index is 1.46. The summed E-state index contributed by atoms with van der Waals surface area (Å²) in [6.45, 7) is 0.589. The number of thiazole rings is 1. The van der Waals surface area contributed by atoms with Crippen LogP contribution in [0.25, 0.3) is 11.5 Å². The van der Waals surface area contributed by atoms with Gasteiger partial charge in [-0.3, -0.25) is 4.79 Å². The van der Waals surface area contributed by atoms with Gasteiger partial charge in [0, 0.05) is 24.7 Å². The molecule has 0 spiro atoms. The number of hydrogen-bond donors (Lipinski definition) is 1. The summed E-state index contributed by atoms with van der Waals surface area (Å²) in [7, 11) is 0. The number of pyridine rings is 1. The molecule has 0 saturated carbocycles. The fourth-order valence-corrected chi connectivity index (χ4v) is 4.03. The van der Waals surface area contributed by atoms with Crippen LogP contribution in [0.5, 0.6) is 0 Å². The van der Waals surface area contributed by atoms with Gasteiger partial charge in [0.05, 0.1) is 17.7 Å². The summed E-state index contributed by atoms with van der Waals surface area (Å²) in [5.74, 6) is -0.255. The quantitative estimate of drug-likeness (QED) is 0.662. The molecule has 0 aromatic carbocycles. The normalized spacial score (nSPS) is 17.3. The number of carbonyl (C=O) groups is 1. The maximum atomic E-state index is 13.3. The van der Waals surface area contributed by atoms with Crippen molar-refractivity contribution in [3.63, 3.8) is 0 Å². The molecule has 0 bridgehead atoms. The van der Waals surface area contributed by atoms with Gasteiger partial charge < -0.3 is 14.6 Å². The highest BCUT2D eigenvalue weighted by Crippen LogP contribution is 2.36. The van der Waals surface area contributed by atoms with Gasteiger partial charge >= 0.3 is 6.18 Å². The molecule has 1 aliphatic heterocycles. The largest absolute Gasteiger partial charge is 0.463 e. The molecule has 1 saturated heterocycles. The first kappa shape index (κ1) is 19.4. The highest BCUT2D eigenvalue weighted by atomic mass is 32.1. The number of piperidine rings is 1. The van der Waals surface area contributed by atoms with Crippen LogP contribution in [0.15, 0.2) is 46.5 Å². The van der Waals surface area contributed by atoms with Crippen LogP contribution in [0.2, 0.25) is 0 Å². The Morgan fingerprint density at radius 3 is 2.93 bits per heavy atom. The van der Waals surface area contributed by atoms with E-state index in [4.69, 9.17) is 4.42 Å². The molecule has 1 fully saturated rings. The monoisotopic (exact) mass is 422 g/mol. The zero-order valence-corrected chi connectivity index (χ0v) is 16.0. The van der Waals surface area contributed by atoms with Gasteiger partial charge in [-0.2, -0.15) is 13.2 Å². The van der Waals surface area contributed by atoms with Crippen molar-refractivity contribution < 1.29 is 22.4 Å². The standard InChI is InChI=1S/C19H17F3N4O2S/c20-19(21,22)13-5-1-7-23-16(13)26-8-2-4-12(10-26)17(27)25-18-24-14(11-29-18)15-6-3-9-28-15/h1,3,5-7,9,11-12H,2,4,8,10H2,(H,24,25,27)/t12-/m0/s1. The molecular formula is C19H17F3N4O2S. The van der Waals surface area contributed by atoms with Crippen molar-refractivity contribution in [3.05, 3.63) is 47.7 Å². The lowest BCUT2D eigenvalue weighted by atomic mass is 9.97. The summed E-state index contributed by atoms with van der Waals surface area (Å²) < 4.78 is 45.2. The number of nitrogens with one attached hydrogen (secondary N) is 1. The molecule has 0 aliphatic carbocycles. The maximum Gasteiger partial charge on any atom is 0.419 e. The highest BCUT2D eigenvalue weighted by molar-refractivity contribution is 7.14. The van der Waals surface area contributed by atoms with E-state index >= 15 is 0 Å². The van der Waals surface area contributed by atoms with Crippen molar-refractivity contribution in [3.8, 4) is 11.5 Å². The third-order valence-corrected chi connectivity index (χ3v) is 5.45. The van der Waals surface area contributed by atoms with E-state index in [0.29, 0.717) is 36.0 Å². The Bertz CT molecular complexity index is 988. The van der Waals surface area contributed by atoms with E-state index < -0.39 is 17.7 Å². The fourth-order valence-electron chi connectivity index (χ4n) is 3.33. The minimum atomic E-state index is -4.50. The van der Waals surface area contributed by atoms with Gasteiger partial charge in [-0.15, -0.1) is 11.3 Å². The van der Waals surface area contributed by atoms with Crippen LogP contribution in [0, 0.1) is 5.92 Å². The molecule has 10 heteroatoms. The van der Waals surface area contributed by atoms with Crippen molar-refractivity contribution in [2.24, 2.45) is 5.92 Å². The Morgan fingerprint density at radius 1 is 1.31 bits per heavy atom. The fraction of sp³-hybridized carbons (Fsp3) is 0.316. The van der Waals surface area contributed by atoms with Crippen LogP contribution >= 0.6 is 11.3 Å². The van der Waals surface area contributed by atoms with E-state index in [1.54, 1.807) is 17.5 Å². The maximum absolute atomic E-state index is 13.3. The molecule has 0 unspecified atom stereocenters. The first-order valence-electron chi connectivity index (χ1n) is 8.99. The van der Waals surface area contributed by atoms with Gasteiger partial charge in [-0.25, -0.2) is 9.97 Å². The summed E-state index contributed by atoms with van der Waals surface area (Å²) in [4.78, 5) is 22.5. The molecule has 3 aromatic heterocycles. The minimum absolute atomic E-state index is 0.133. The number of halogens is 3. The lowest BCUT2D eigenvalue weighted by molar-refractivity contribution is -0.137. The Morgan fingerprint density at radius 2 is 2.17 bits per heavy atom. The first-order chi connectivity index (χ1) is 13.9. The molecule has 1 aliphatic rings. The highest BCUT2D eigenvalue weighted by Gasteiger charge is 2.37. The predicted octanol–water partition coefficient (Wildman–Crippen LogP) is 4.67. The van der Waals surface area contributed by atoms with Crippen LogP contribution in [0.4, 0.5) is 24.1 Å². The summed E-state index contributed by atoms with van der Waals surface area (Å²) in [5.41, 5.74) is -0.173. The van der Waals surface area contributed by atoms with Gasteiger partial charge in [-0.1, -0.05) is 0 Å². The van der Waals surface area contributed by atoms with Gasteiger partial charge in [-0.05, 0) is 37.1 Å². The zero-order valence-electron chi connectivity index (χ0n) is 15.1. The van der Waals surface area contributed by atoms with Crippen molar-refractivity contribution in [2.45, 2.75) is 19.0 Å². The number of furan rings is 1. The molecule has 152 valence electrons. The van der Waals surface area contributed by atoms with Gasteiger partial charge in [0.2, 0.25) is 5.91 Å². The lowest BCUT2D eigenvalue weighted by Gasteiger charge is -2.34. The number of hydrogen-bond acceptors (Lipinski definition) is 6. The number of alkyl halides is 3. The average Bonchev–Trinajstić information content (AvgIpc) is 3.39. The van der Waals surface area contributed by atoms with Crippen LogP contribution in [0.3, 0.4) is 0 Å². The number of rotatable bonds is 4. The molecule has 6 nitrogen and oxygen atoms in total. The second-order valence-corrected chi connectivity index (χ2v) is 7.52. The van der Waals surface area contributed by atoms with Gasteiger partial charge in [0.15, 0.2) is 10.9 Å². The molecule has 4 heterocycles. The lowest BCUT2D eigenvalue weighted by Crippen LogP contribution is -2.41. The van der Waals surface area contributed by atoms with Gasteiger partial charge in [0.25, 0.3) is 0 Å². The molecule has 3 aromatic rings. The average molecular weight is 422 g/mol. The zero-order chi connectivity index (χ0) is 20.4. The molecular weight excluding hydrogens is 405 g/mol. The Hall–Kier alpha value is -2.88. The Labute approximate surface area is 168 Å². The van der Waals surface area contributed by atoms with E-state index in [1.165, 1.54) is 34.8 Å². The number of anilines is 2. The minimum Gasteiger partial charge on any atom is -0.463 e. The summed E-state index contributed by atoms with van der Waals surface area (Å²) in [6, 6.07) is 5.79. The van der Waals surface area contributed by atoms with Crippen LogP contribution < -0.4 is 10.2 Å². The second-order valence-electron chi connectivity index (χ2n) is 6.66. The van der Waals surface area contributed by atoms with Gasteiger partial charge in [0.1, 0.15) is 11.5 Å². The van der Waals surface area contributed by atoms with Crippen LogP contribution in [0.1, 0.15) is 18.4 Å². The third-order valence-electron chi connectivity index (χ3n) is 4.69. The summed E-state index contributed by atoms with van der Waals surface area (Å²) in [5, 5.41) is 4.96. The van der Waals surface area contributed by atoms with Crippen molar-refractivity contribution in [1.82, 2.24) is 9.97 Å². The van der Waals surface area contributed by atoms with E-state index in [-0.39, 0.29) is 18.3 Å². The number of aromatic nitrogens is 2. The SMILES string of the molecule is O=C(Nc1nc(-c2ccco2)cs1)[C@H]1CCCN(c2ncccc2C(F)(F)F)C1. The first-order valence-corrected chi connectivity index (χ1v) is 9.87. The second kappa shape index (κ2) is 7.86. The molecule has 1 N–H and O–H groups in total. The summed E-state index contributed by atoms with van der Waals surface area (Å²) in [6.07, 6.45) is -0.438. The van der Waals surface area contributed by atoms with E-state index in [2.05, 4.69) is 15.3 Å². The van der Waals surface area contributed by atoms with Crippen molar-refractivity contribution >= 4 is 28.2 Å². The van der Waals surface area contributed by atoms with Crippen LogP contribution in [-0.4, -0.2) is 29.0 Å². The van der Waals surface area contributed by atoms with Crippen molar-refractivity contribution in [2.75, 3.05) is 23.3 Å². The van der Waals surface area contributed by atoms with Crippen molar-refractivity contribution in [1.29, 1.82) is 0 Å². The Kier molecular flexibility index (Phi) is 5.27. The number of amides is 1. The third kappa shape index (κ3) is 4.26. The predicted molar refractivity (Wildman–Crippen MR) is 103 cm³/mol. The molecule has 29 heavy (non-hydrogen) atoms. The smallest absolute Gasteiger partial charge is 0.419 e. The molecule has 1 amide bonds. The van der Waals surface area contributed by atoms with E-state index in [0.717, 1.165) is 6.07 Å². The molecule has 1 atom stereocenters. The van der Waals surface area contributed by atoms with E-state index in [9.17, 15) is 18.0 Å². The summed E-state index contributed by atoms with van der Waals surface area (Å²) >= 11 is 1.27. The van der Waals surface area contributed by atoms with E-state index in [1.807, 2.05) is 0 Å². The number of carbonyl (C=O) groups excluding carboxylic acids is 1. The molecule has 0 radical (unpaired) electrons. The van der Waals surface area contributed by atoms with Crippen LogP contribution in [-0.2, 0) is 11.0 Å².